The van der Waals surface area contributed by atoms with E-state index >= 15 is 0 Å². The molecule has 0 atom stereocenters. The Morgan fingerprint density at radius 2 is 1.88 bits per heavy atom. The Balaban J connectivity index is 1.56. The van der Waals surface area contributed by atoms with Crippen molar-refractivity contribution in [1.82, 2.24) is 14.8 Å². The zero-order chi connectivity index (χ0) is 17.6. The topological polar surface area (TPSA) is 45.7 Å². The molecule has 5 heteroatoms. The standard InChI is InChI=1S/C20H25N3O2/c1-22(2)15-16-10-12-23(13-11-16)20(24)17-8-9-19(21-14-17)25-18-6-4-3-5-7-18/h3-9,14,16H,10-13,15H2,1-2H3. The molecule has 0 N–H and O–H groups in total. The Bertz CT molecular complexity index is 678. The van der Waals surface area contributed by atoms with Crippen LogP contribution in [0, 0.1) is 5.92 Å². The summed E-state index contributed by atoms with van der Waals surface area (Å²) in [5.41, 5.74) is 0.617. The highest BCUT2D eigenvalue weighted by Gasteiger charge is 2.24. The van der Waals surface area contributed by atoms with Gasteiger partial charge in [-0.05, 0) is 51.1 Å². The SMILES string of the molecule is CN(C)CC1CCN(C(=O)c2ccc(Oc3ccccc3)nc2)CC1. The molecule has 3 rings (SSSR count). The van der Waals surface area contributed by atoms with E-state index in [1.54, 1.807) is 18.3 Å². The van der Waals surface area contributed by atoms with Gasteiger partial charge in [0.1, 0.15) is 5.75 Å². The van der Waals surface area contributed by atoms with Gasteiger partial charge in [-0.25, -0.2) is 4.98 Å². The lowest BCUT2D eigenvalue weighted by molar-refractivity contribution is 0.0677. The Hall–Kier alpha value is -2.40. The number of aromatic nitrogens is 1. The number of amides is 1. The number of piperidine rings is 1. The third-order valence-electron chi connectivity index (χ3n) is 4.47. The Kier molecular flexibility index (Phi) is 5.66. The first kappa shape index (κ1) is 17.4. The molecular formula is C20H25N3O2. The Morgan fingerprint density at radius 3 is 2.48 bits per heavy atom. The highest BCUT2D eigenvalue weighted by molar-refractivity contribution is 5.94. The van der Waals surface area contributed by atoms with Crippen LogP contribution in [0.2, 0.25) is 0 Å². The van der Waals surface area contributed by atoms with Crippen molar-refractivity contribution in [1.29, 1.82) is 0 Å². The molecule has 1 fully saturated rings. The van der Waals surface area contributed by atoms with Gasteiger partial charge in [-0.1, -0.05) is 18.2 Å². The van der Waals surface area contributed by atoms with Crippen molar-refractivity contribution in [3.63, 3.8) is 0 Å². The molecule has 1 aromatic carbocycles. The Labute approximate surface area is 149 Å². The molecule has 2 aromatic rings. The van der Waals surface area contributed by atoms with Crippen LogP contribution in [0.4, 0.5) is 0 Å². The van der Waals surface area contributed by atoms with E-state index < -0.39 is 0 Å². The van der Waals surface area contributed by atoms with Crippen LogP contribution >= 0.6 is 0 Å². The number of benzene rings is 1. The van der Waals surface area contributed by atoms with Crippen molar-refractivity contribution in [3.05, 3.63) is 54.2 Å². The summed E-state index contributed by atoms with van der Waals surface area (Å²) in [5, 5.41) is 0. The molecular weight excluding hydrogens is 314 g/mol. The first-order chi connectivity index (χ1) is 12.1. The number of hydrogen-bond donors (Lipinski definition) is 0. The minimum Gasteiger partial charge on any atom is -0.439 e. The third-order valence-corrected chi connectivity index (χ3v) is 4.47. The number of pyridine rings is 1. The molecule has 1 aromatic heterocycles. The zero-order valence-corrected chi connectivity index (χ0v) is 14.9. The molecule has 25 heavy (non-hydrogen) atoms. The van der Waals surface area contributed by atoms with E-state index in [9.17, 15) is 4.79 Å². The average molecular weight is 339 g/mol. The van der Waals surface area contributed by atoms with Crippen LogP contribution in [0.3, 0.4) is 0 Å². The van der Waals surface area contributed by atoms with Crippen molar-refractivity contribution < 1.29 is 9.53 Å². The molecule has 0 unspecified atom stereocenters. The van der Waals surface area contributed by atoms with Gasteiger partial charge < -0.3 is 14.5 Å². The summed E-state index contributed by atoms with van der Waals surface area (Å²) in [6, 6.07) is 13.0. The number of ether oxygens (including phenoxy) is 1. The van der Waals surface area contributed by atoms with Gasteiger partial charge in [-0.15, -0.1) is 0 Å². The molecule has 0 radical (unpaired) electrons. The van der Waals surface area contributed by atoms with Gasteiger partial charge in [-0.3, -0.25) is 4.79 Å². The quantitative estimate of drug-likeness (QED) is 0.838. The van der Waals surface area contributed by atoms with Gasteiger partial charge in [0.05, 0.1) is 5.56 Å². The van der Waals surface area contributed by atoms with Crippen molar-refractivity contribution in [2.75, 3.05) is 33.7 Å². The van der Waals surface area contributed by atoms with Crippen LogP contribution in [0.1, 0.15) is 23.2 Å². The fraction of sp³-hybridized carbons (Fsp3) is 0.400. The maximum Gasteiger partial charge on any atom is 0.255 e. The smallest absolute Gasteiger partial charge is 0.255 e. The summed E-state index contributed by atoms with van der Waals surface area (Å²) in [6.07, 6.45) is 3.73. The minimum atomic E-state index is 0.0575. The molecule has 1 amide bonds. The molecule has 2 heterocycles. The van der Waals surface area contributed by atoms with E-state index in [-0.39, 0.29) is 5.91 Å². The second kappa shape index (κ2) is 8.12. The number of carbonyl (C=O) groups excluding carboxylic acids is 1. The number of likely N-dealkylation sites (tertiary alicyclic amines) is 1. The van der Waals surface area contributed by atoms with E-state index in [1.807, 2.05) is 35.2 Å². The molecule has 0 spiro atoms. The second-order valence-electron chi connectivity index (χ2n) is 6.80. The molecule has 1 aliphatic rings. The summed E-state index contributed by atoms with van der Waals surface area (Å²) in [5.74, 6) is 1.96. The first-order valence-corrected chi connectivity index (χ1v) is 8.75. The average Bonchev–Trinajstić information content (AvgIpc) is 2.63. The lowest BCUT2D eigenvalue weighted by Crippen LogP contribution is -2.40. The highest BCUT2D eigenvalue weighted by Crippen LogP contribution is 2.21. The predicted molar refractivity (Wildman–Crippen MR) is 97.9 cm³/mol. The lowest BCUT2D eigenvalue weighted by atomic mass is 9.96. The fourth-order valence-electron chi connectivity index (χ4n) is 3.19. The maximum absolute atomic E-state index is 12.6. The second-order valence-corrected chi connectivity index (χ2v) is 6.80. The number of rotatable bonds is 5. The minimum absolute atomic E-state index is 0.0575. The van der Waals surface area contributed by atoms with Gasteiger partial charge in [0.2, 0.25) is 5.88 Å². The van der Waals surface area contributed by atoms with E-state index in [4.69, 9.17) is 4.74 Å². The van der Waals surface area contributed by atoms with Gasteiger partial charge in [0.25, 0.3) is 5.91 Å². The van der Waals surface area contributed by atoms with E-state index in [1.165, 1.54) is 0 Å². The molecule has 1 saturated heterocycles. The molecule has 0 aliphatic carbocycles. The third kappa shape index (κ3) is 4.79. The summed E-state index contributed by atoms with van der Waals surface area (Å²) in [6.45, 7) is 2.73. The fourth-order valence-corrected chi connectivity index (χ4v) is 3.19. The highest BCUT2D eigenvalue weighted by atomic mass is 16.5. The van der Waals surface area contributed by atoms with Gasteiger partial charge in [0.15, 0.2) is 0 Å². The summed E-state index contributed by atoms with van der Waals surface area (Å²) >= 11 is 0. The summed E-state index contributed by atoms with van der Waals surface area (Å²) < 4.78 is 5.67. The number of para-hydroxylation sites is 1. The van der Waals surface area contributed by atoms with Gasteiger partial charge in [-0.2, -0.15) is 0 Å². The van der Waals surface area contributed by atoms with Crippen molar-refractivity contribution in [3.8, 4) is 11.6 Å². The van der Waals surface area contributed by atoms with Crippen LogP contribution in [0.5, 0.6) is 11.6 Å². The molecule has 5 nitrogen and oxygen atoms in total. The van der Waals surface area contributed by atoms with E-state index in [0.29, 0.717) is 17.4 Å². The Morgan fingerprint density at radius 1 is 1.16 bits per heavy atom. The van der Waals surface area contributed by atoms with Crippen LogP contribution in [-0.4, -0.2) is 54.4 Å². The molecule has 132 valence electrons. The van der Waals surface area contributed by atoms with Gasteiger partial charge in [0, 0.05) is 31.9 Å². The van der Waals surface area contributed by atoms with Crippen LogP contribution < -0.4 is 4.74 Å². The van der Waals surface area contributed by atoms with Crippen LogP contribution in [0.15, 0.2) is 48.7 Å². The van der Waals surface area contributed by atoms with E-state index in [0.717, 1.165) is 38.2 Å². The van der Waals surface area contributed by atoms with Crippen LogP contribution in [-0.2, 0) is 0 Å². The lowest BCUT2D eigenvalue weighted by Gasteiger charge is -2.33. The zero-order valence-electron chi connectivity index (χ0n) is 14.9. The largest absolute Gasteiger partial charge is 0.439 e. The van der Waals surface area contributed by atoms with Crippen LogP contribution in [0.25, 0.3) is 0 Å². The van der Waals surface area contributed by atoms with Crippen molar-refractivity contribution in [2.24, 2.45) is 5.92 Å². The maximum atomic E-state index is 12.6. The number of nitrogens with zero attached hydrogens (tertiary/aromatic N) is 3. The first-order valence-electron chi connectivity index (χ1n) is 8.75. The summed E-state index contributed by atoms with van der Waals surface area (Å²) in [7, 11) is 4.20. The molecule has 0 saturated carbocycles. The van der Waals surface area contributed by atoms with Crippen molar-refractivity contribution in [2.45, 2.75) is 12.8 Å². The molecule has 0 bridgehead atoms. The number of hydrogen-bond acceptors (Lipinski definition) is 4. The predicted octanol–water partition coefficient (Wildman–Crippen LogP) is 3.29. The van der Waals surface area contributed by atoms with Gasteiger partial charge >= 0.3 is 0 Å². The summed E-state index contributed by atoms with van der Waals surface area (Å²) in [4.78, 5) is 21.1. The number of carbonyl (C=O) groups is 1. The molecule has 1 aliphatic heterocycles. The van der Waals surface area contributed by atoms with Crippen molar-refractivity contribution >= 4 is 5.91 Å². The monoisotopic (exact) mass is 339 g/mol. The normalized spacial score (nSPS) is 15.4. The van der Waals surface area contributed by atoms with E-state index in [2.05, 4.69) is 24.0 Å².